The van der Waals surface area contributed by atoms with E-state index in [1.807, 2.05) is 24.3 Å². The second kappa shape index (κ2) is 9.34. The van der Waals surface area contributed by atoms with Crippen LogP contribution in [-0.4, -0.2) is 27.5 Å². The second-order valence-electron chi connectivity index (χ2n) is 5.77. The molecular weight excluding hydrogens is 388 g/mol. The molecule has 29 heavy (non-hydrogen) atoms. The fourth-order valence-electron chi connectivity index (χ4n) is 2.36. The summed E-state index contributed by atoms with van der Waals surface area (Å²) in [4.78, 5) is 32.9. The summed E-state index contributed by atoms with van der Waals surface area (Å²) in [5.74, 6) is -0.585. The molecule has 0 fully saturated rings. The Labute approximate surface area is 171 Å². The number of carbonyl (C=O) groups excluding carboxylic acids is 2. The molecule has 0 bridgehead atoms. The number of aromatic nitrogens is 2. The van der Waals surface area contributed by atoms with Gasteiger partial charge in [-0.1, -0.05) is 42.1 Å². The summed E-state index contributed by atoms with van der Waals surface area (Å²) in [6, 6.07) is 17.7. The number of nitrogens with two attached hydrogens (primary N) is 1. The molecule has 8 nitrogen and oxygen atoms in total. The van der Waals surface area contributed by atoms with Gasteiger partial charge in [-0.2, -0.15) is 5.26 Å². The van der Waals surface area contributed by atoms with Crippen LogP contribution < -0.4 is 16.4 Å². The van der Waals surface area contributed by atoms with Gasteiger partial charge in [0.05, 0.1) is 23.2 Å². The van der Waals surface area contributed by atoms with E-state index < -0.39 is 0 Å². The second-order valence-corrected chi connectivity index (χ2v) is 6.71. The molecule has 4 N–H and O–H groups in total. The van der Waals surface area contributed by atoms with E-state index in [2.05, 4.69) is 20.6 Å². The highest BCUT2D eigenvalue weighted by Crippen LogP contribution is 2.20. The van der Waals surface area contributed by atoms with Crippen molar-refractivity contribution in [3.05, 3.63) is 71.9 Å². The molecule has 0 aliphatic rings. The first-order chi connectivity index (χ1) is 14.1. The molecule has 2 amide bonds. The largest absolute Gasteiger partial charge is 0.382 e. The minimum Gasteiger partial charge on any atom is -0.382 e. The lowest BCUT2D eigenvalue weighted by Gasteiger charge is -2.11. The smallest absolute Gasteiger partial charge is 0.257 e. The molecule has 0 spiro atoms. The van der Waals surface area contributed by atoms with Crippen LogP contribution >= 0.6 is 11.8 Å². The highest BCUT2D eigenvalue weighted by atomic mass is 32.2. The summed E-state index contributed by atoms with van der Waals surface area (Å²) in [5.41, 5.74) is 7.22. The van der Waals surface area contributed by atoms with Crippen LogP contribution in [0.25, 0.3) is 0 Å². The summed E-state index contributed by atoms with van der Waals surface area (Å²) in [6.45, 7) is 0. The Morgan fingerprint density at radius 2 is 1.79 bits per heavy atom. The van der Waals surface area contributed by atoms with Crippen LogP contribution in [0.1, 0.15) is 15.9 Å². The minimum atomic E-state index is -0.332. The van der Waals surface area contributed by atoms with E-state index in [4.69, 9.17) is 11.0 Å². The molecule has 9 heteroatoms. The summed E-state index contributed by atoms with van der Waals surface area (Å²) >= 11 is 1.07. The quantitative estimate of drug-likeness (QED) is 0.425. The number of benzene rings is 2. The lowest BCUT2D eigenvalue weighted by atomic mass is 10.1. The lowest BCUT2D eigenvalue weighted by molar-refractivity contribution is -0.113. The number of nitrogen functional groups attached to an aromatic ring is 1. The third-order valence-corrected chi connectivity index (χ3v) is 4.59. The summed E-state index contributed by atoms with van der Waals surface area (Å²) in [7, 11) is 0. The maximum absolute atomic E-state index is 12.6. The predicted molar refractivity (Wildman–Crippen MR) is 111 cm³/mol. The molecule has 3 aromatic rings. The zero-order valence-corrected chi connectivity index (χ0v) is 15.9. The van der Waals surface area contributed by atoms with Crippen molar-refractivity contribution in [3.8, 4) is 6.07 Å². The maximum atomic E-state index is 12.6. The van der Waals surface area contributed by atoms with Crippen LogP contribution in [0.15, 0.2) is 66.0 Å². The number of carbonyl (C=O) groups is 2. The molecule has 0 atom stereocenters. The van der Waals surface area contributed by atoms with Gasteiger partial charge in [0.15, 0.2) is 5.16 Å². The van der Waals surface area contributed by atoms with Gasteiger partial charge < -0.3 is 16.4 Å². The van der Waals surface area contributed by atoms with Crippen molar-refractivity contribution in [3.63, 3.8) is 0 Å². The van der Waals surface area contributed by atoms with Crippen molar-refractivity contribution in [2.75, 3.05) is 22.1 Å². The molecule has 1 aromatic heterocycles. The SMILES string of the molecule is N#Cc1cnc(SCC(=O)Nc2ccccc2C(=O)Nc2ccccc2)nc1N. The molecule has 0 radical (unpaired) electrons. The van der Waals surface area contributed by atoms with Gasteiger partial charge in [-0.3, -0.25) is 9.59 Å². The summed E-state index contributed by atoms with van der Waals surface area (Å²) in [5, 5.41) is 14.6. The maximum Gasteiger partial charge on any atom is 0.257 e. The lowest BCUT2D eigenvalue weighted by Crippen LogP contribution is -2.19. The van der Waals surface area contributed by atoms with Crippen molar-refractivity contribution < 1.29 is 9.59 Å². The van der Waals surface area contributed by atoms with Crippen LogP contribution in [0.5, 0.6) is 0 Å². The summed E-state index contributed by atoms with van der Waals surface area (Å²) in [6.07, 6.45) is 1.31. The van der Waals surface area contributed by atoms with Gasteiger partial charge in [-0.25, -0.2) is 9.97 Å². The highest BCUT2D eigenvalue weighted by Gasteiger charge is 2.14. The minimum absolute atomic E-state index is 0.0139. The number of nitriles is 1. The van der Waals surface area contributed by atoms with Crippen molar-refractivity contribution in [2.45, 2.75) is 5.16 Å². The van der Waals surface area contributed by atoms with E-state index in [-0.39, 0.29) is 34.1 Å². The molecular formula is C20H16N6O2S. The summed E-state index contributed by atoms with van der Waals surface area (Å²) < 4.78 is 0. The molecule has 2 aromatic carbocycles. The third-order valence-electron chi connectivity index (χ3n) is 3.73. The zero-order valence-electron chi connectivity index (χ0n) is 15.1. The van der Waals surface area contributed by atoms with E-state index in [1.165, 1.54) is 6.20 Å². The van der Waals surface area contributed by atoms with Gasteiger partial charge in [0.1, 0.15) is 17.5 Å². The number of para-hydroxylation sites is 2. The average Bonchev–Trinajstić information content (AvgIpc) is 2.73. The highest BCUT2D eigenvalue weighted by molar-refractivity contribution is 7.99. The first kappa shape index (κ1) is 19.9. The zero-order chi connectivity index (χ0) is 20.6. The fourth-order valence-corrected chi connectivity index (χ4v) is 2.98. The fraction of sp³-hybridized carbons (Fsp3) is 0.0500. The Kier molecular flexibility index (Phi) is 6.40. The standard InChI is InChI=1S/C20H16N6O2S/c21-10-13-11-23-20(26-18(13)22)29-12-17(27)25-16-9-5-4-8-15(16)19(28)24-14-6-2-1-3-7-14/h1-9,11H,12H2,(H,24,28)(H,25,27)(H2,22,23,26). The Morgan fingerprint density at radius 1 is 1.07 bits per heavy atom. The molecule has 0 aliphatic heterocycles. The van der Waals surface area contributed by atoms with Crippen LogP contribution in [0.2, 0.25) is 0 Å². The van der Waals surface area contributed by atoms with Gasteiger partial charge in [-0.15, -0.1) is 0 Å². The van der Waals surface area contributed by atoms with E-state index in [9.17, 15) is 9.59 Å². The Balaban J connectivity index is 1.64. The third kappa shape index (κ3) is 5.31. The van der Waals surface area contributed by atoms with Crippen molar-refractivity contribution in [1.29, 1.82) is 5.26 Å². The number of anilines is 3. The Hall–Kier alpha value is -3.90. The first-order valence-corrected chi connectivity index (χ1v) is 9.46. The number of nitrogens with zero attached hydrogens (tertiary/aromatic N) is 3. The number of amides is 2. The van der Waals surface area contributed by atoms with Crippen molar-refractivity contribution >= 4 is 40.8 Å². The Morgan fingerprint density at radius 3 is 2.52 bits per heavy atom. The van der Waals surface area contributed by atoms with Gasteiger partial charge >= 0.3 is 0 Å². The molecule has 0 saturated carbocycles. The number of thioether (sulfide) groups is 1. The average molecular weight is 404 g/mol. The van der Waals surface area contributed by atoms with Crippen molar-refractivity contribution in [1.82, 2.24) is 9.97 Å². The van der Waals surface area contributed by atoms with E-state index in [0.717, 1.165) is 11.8 Å². The predicted octanol–water partition coefficient (Wildman–Crippen LogP) is 2.91. The number of hydrogen-bond donors (Lipinski definition) is 3. The van der Waals surface area contributed by atoms with Crippen LogP contribution in [0.4, 0.5) is 17.2 Å². The van der Waals surface area contributed by atoms with Crippen LogP contribution in [0, 0.1) is 11.3 Å². The van der Waals surface area contributed by atoms with E-state index in [0.29, 0.717) is 16.9 Å². The van der Waals surface area contributed by atoms with Crippen LogP contribution in [-0.2, 0) is 4.79 Å². The first-order valence-electron chi connectivity index (χ1n) is 8.47. The molecule has 144 valence electrons. The number of hydrogen-bond acceptors (Lipinski definition) is 7. The molecule has 0 aliphatic carbocycles. The Bertz CT molecular complexity index is 1080. The van der Waals surface area contributed by atoms with Gasteiger partial charge in [-0.05, 0) is 24.3 Å². The van der Waals surface area contributed by atoms with Crippen LogP contribution in [0.3, 0.4) is 0 Å². The molecule has 0 saturated heterocycles. The normalized spacial score (nSPS) is 10.0. The molecule has 1 heterocycles. The van der Waals surface area contributed by atoms with Gasteiger partial charge in [0.25, 0.3) is 5.91 Å². The topological polar surface area (TPSA) is 134 Å². The van der Waals surface area contributed by atoms with Gasteiger partial charge in [0.2, 0.25) is 5.91 Å². The van der Waals surface area contributed by atoms with Gasteiger partial charge in [0, 0.05) is 5.69 Å². The molecule has 3 rings (SSSR count). The van der Waals surface area contributed by atoms with Crippen molar-refractivity contribution in [2.24, 2.45) is 0 Å². The van der Waals surface area contributed by atoms with E-state index in [1.54, 1.807) is 36.4 Å². The number of nitrogens with one attached hydrogen (secondary N) is 2. The molecule has 0 unspecified atom stereocenters. The monoisotopic (exact) mass is 404 g/mol. The van der Waals surface area contributed by atoms with E-state index >= 15 is 0 Å². The number of rotatable bonds is 6.